The van der Waals surface area contributed by atoms with E-state index in [4.69, 9.17) is 0 Å². The molecule has 1 rings (SSSR count). The normalized spacial score (nSPS) is 13.1. The molecule has 2 N–H and O–H groups in total. The molecule has 4 heteroatoms. The molecule has 0 aliphatic heterocycles. The fourth-order valence-electron chi connectivity index (χ4n) is 2.21. The van der Waals surface area contributed by atoms with Crippen LogP contribution in [0.25, 0.3) is 0 Å². The second kappa shape index (κ2) is 7.39. The molecule has 1 atom stereocenters. The lowest BCUT2D eigenvalue weighted by Crippen LogP contribution is -2.35. The minimum Gasteiger partial charge on any atom is -0.393 e. The third kappa shape index (κ3) is 6.66. The van der Waals surface area contributed by atoms with Gasteiger partial charge in [-0.1, -0.05) is 26.0 Å². The van der Waals surface area contributed by atoms with Gasteiger partial charge in [-0.25, -0.2) is 4.39 Å². The van der Waals surface area contributed by atoms with Crippen LogP contribution in [-0.4, -0.2) is 23.7 Å². The summed E-state index contributed by atoms with van der Waals surface area (Å²) in [7, 11) is 0. The van der Waals surface area contributed by atoms with Crippen LogP contribution < -0.4 is 5.32 Å². The Morgan fingerprint density at radius 1 is 1.35 bits per heavy atom. The number of halogens is 1. The van der Waals surface area contributed by atoms with Crippen LogP contribution in [0.3, 0.4) is 0 Å². The van der Waals surface area contributed by atoms with Crippen molar-refractivity contribution in [2.24, 2.45) is 5.41 Å². The maximum atomic E-state index is 12.7. The molecule has 112 valence electrons. The zero-order valence-corrected chi connectivity index (χ0v) is 12.4. The maximum absolute atomic E-state index is 12.7. The van der Waals surface area contributed by atoms with Crippen molar-refractivity contribution in [3.8, 4) is 0 Å². The van der Waals surface area contributed by atoms with E-state index in [0.29, 0.717) is 25.8 Å². The number of aliphatic hydroxyl groups is 1. The van der Waals surface area contributed by atoms with E-state index in [1.54, 1.807) is 19.1 Å². The first-order chi connectivity index (χ1) is 9.28. The molecule has 0 aliphatic rings. The molecule has 1 aromatic carbocycles. The van der Waals surface area contributed by atoms with Gasteiger partial charge < -0.3 is 10.4 Å². The van der Waals surface area contributed by atoms with Crippen LogP contribution in [0.15, 0.2) is 24.3 Å². The van der Waals surface area contributed by atoms with Gasteiger partial charge in [-0.05, 0) is 42.9 Å². The van der Waals surface area contributed by atoms with E-state index in [9.17, 15) is 14.3 Å². The first-order valence-electron chi connectivity index (χ1n) is 6.98. The van der Waals surface area contributed by atoms with Crippen molar-refractivity contribution in [3.05, 3.63) is 35.6 Å². The lowest BCUT2D eigenvalue weighted by molar-refractivity contribution is -0.121. The predicted octanol–water partition coefficient (Wildman–Crippen LogP) is 2.67. The Morgan fingerprint density at radius 2 is 1.95 bits per heavy atom. The number of carbonyl (C=O) groups excluding carboxylic acids is 1. The lowest BCUT2D eigenvalue weighted by atomic mass is 9.87. The van der Waals surface area contributed by atoms with Gasteiger partial charge in [0.2, 0.25) is 5.91 Å². The first-order valence-corrected chi connectivity index (χ1v) is 6.98. The van der Waals surface area contributed by atoms with E-state index in [1.807, 2.05) is 13.8 Å². The third-order valence-corrected chi connectivity index (χ3v) is 3.17. The van der Waals surface area contributed by atoms with Gasteiger partial charge >= 0.3 is 0 Å². The zero-order chi connectivity index (χ0) is 15.2. The summed E-state index contributed by atoms with van der Waals surface area (Å²) in [5, 5.41) is 12.3. The van der Waals surface area contributed by atoms with Crippen molar-refractivity contribution in [2.45, 2.75) is 46.1 Å². The Kier molecular flexibility index (Phi) is 6.14. The minimum atomic E-state index is -0.374. The monoisotopic (exact) mass is 281 g/mol. The van der Waals surface area contributed by atoms with Gasteiger partial charge in [0.15, 0.2) is 0 Å². The molecule has 1 amide bonds. The third-order valence-electron chi connectivity index (χ3n) is 3.17. The van der Waals surface area contributed by atoms with Crippen LogP contribution in [-0.2, 0) is 11.2 Å². The van der Waals surface area contributed by atoms with Gasteiger partial charge in [-0.15, -0.1) is 0 Å². The van der Waals surface area contributed by atoms with Crippen LogP contribution in [0.2, 0.25) is 0 Å². The maximum Gasteiger partial charge on any atom is 0.220 e. The standard InChI is InChI=1S/C16H24FNO2/c1-12(19)10-16(2,3)11-18-15(20)9-6-13-4-7-14(17)8-5-13/h4-5,7-8,12,19H,6,9-11H2,1-3H3,(H,18,20). The number of carbonyl (C=O) groups is 1. The van der Waals surface area contributed by atoms with Gasteiger partial charge in [0.05, 0.1) is 6.10 Å². The summed E-state index contributed by atoms with van der Waals surface area (Å²) in [6.45, 7) is 6.32. The van der Waals surface area contributed by atoms with Crippen molar-refractivity contribution in [2.75, 3.05) is 6.54 Å². The van der Waals surface area contributed by atoms with Crippen molar-refractivity contribution >= 4 is 5.91 Å². The van der Waals surface area contributed by atoms with Crippen LogP contribution in [0.4, 0.5) is 4.39 Å². The fourth-order valence-corrected chi connectivity index (χ4v) is 2.21. The van der Waals surface area contributed by atoms with Gasteiger partial charge in [0.1, 0.15) is 5.82 Å². The van der Waals surface area contributed by atoms with Gasteiger partial charge in [0.25, 0.3) is 0 Å². The fraction of sp³-hybridized carbons (Fsp3) is 0.562. The lowest BCUT2D eigenvalue weighted by Gasteiger charge is -2.26. The molecule has 3 nitrogen and oxygen atoms in total. The quantitative estimate of drug-likeness (QED) is 0.807. The second-order valence-electron chi connectivity index (χ2n) is 6.12. The van der Waals surface area contributed by atoms with E-state index in [1.165, 1.54) is 12.1 Å². The summed E-state index contributed by atoms with van der Waals surface area (Å²) in [4.78, 5) is 11.8. The van der Waals surface area contributed by atoms with Gasteiger partial charge in [0, 0.05) is 13.0 Å². The van der Waals surface area contributed by atoms with E-state index >= 15 is 0 Å². The number of nitrogens with one attached hydrogen (secondary N) is 1. The Bertz CT molecular complexity index is 427. The van der Waals surface area contributed by atoms with Crippen molar-refractivity contribution < 1.29 is 14.3 Å². The zero-order valence-electron chi connectivity index (χ0n) is 12.4. The molecular weight excluding hydrogens is 257 g/mol. The molecule has 0 radical (unpaired) electrons. The van der Waals surface area contributed by atoms with Crippen LogP contribution in [0.5, 0.6) is 0 Å². The summed E-state index contributed by atoms with van der Waals surface area (Å²) in [5.74, 6) is -0.286. The van der Waals surface area contributed by atoms with Gasteiger partial charge in [-0.3, -0.25) is 4.79 Å². The molecule has 1 aromatic rings. The minimum absolute atomic E-state index is 0.0204. The Morgan fingerprint density at radius 3 is 2.50 bits per heavy atom. The topological polar surface area (TPSA) is 49.3 Å². The van der Waals surface area contributed by atoms with Crippen LogP contribution in [0.1, 0.15) is 39.2 Å². The van der Waals surface area contributed by atoms with Crippen molar-refractivity contribution in [1.82, 2.24) is 5.32 Å². The largest absolute Gasteiger partial charge is 0.393 e. The molecule has 0 spiro atoms. The number of aliphatic hydroxyl groups excluding tert-OH is 1. The molecule has 1 unspecified atom stereocenters. The smallest absolute Gasteiger partial charge is 0.220 e. The van der Waals surface area contributed by atoms with E-state index in [2.05, 4.69) is 5.32 Å². The van der Waals surface area contributed by atoms with E-state index in [0.717, 1.165) is 5.56 Å². The second-order valence-corrected chi connectivity index (χ2v) is 6.12. The molecule has 0 fully saturated rings. The molecule has 0 saturated heterocycles. The SMILES string of the molecule is CC(O)CC(C)(C)CNC(=O)CCc1ccc(F)cc1. The van der Waals surface area contributed by atoms with Crippen molar-refractivity contribution in [3.63, 3.8) is 0 Å². The molecule has 20 heavy (non-hydrogen) atoms. The summed E-state index contributed by atoms with van der Waals surface area (Å²) in [5.41, 5.74) is 0.824. The number of hydrogen-bond donors (Lipinski definition) is 2. The number of hydrogen-bond acceptors (Lipinski definition) is 2. The van der Waals surface area contributed by atoms with E-state index < -0.39 is 0 Å². The average Bonchev–Trinajstić information content (AvgIpc) is 2.34. The molecule has 0 aromatic heterocycles. The molecular formula is C16H24FNO2. The predicted molar refractivity (Wildman–Crippen MR) is 77.8 cm³/mol. The van der Waals surface area contributed by atoms with Crippen LogP contribution in [0, 0.1) is 11.2 Å². The number of amides is 1. The summed E-state index contributed by atoms with van der Waals surface area (Å²) < 4.78 is 12.7. The van der Waals surface area contributed by atoms with Crippen molar-refractivity contribution in [1.29, 1.82) is 0 Å². The highest BCUT2D eigenvalue weighted by molar-refractivity contribution is 5.76. The Labute approximate surface area is 120 Å². The summed E-state index contributed by atoms with van der Waals surface area (Å²) in [6, 6.07) is 6.19. The van der Waals surface area contributed by atoms with E-state index in [-0.39, 0.29) is 23.2 Å². The number of aryl methyl sites for hydroxylation is 1. The summed E-state index contributed by atoms with van der Waals surface area (Å²) in [6.07, 6.45) is 1.26. The molecule has 0 saturated carbocycles. The highest BCUT2D eigenvalue weighted by Gasteiger charge is 2.20. The molecule has 0 aliphatic carbocycles. The first kappa shape index (κ1) is 16.6. The van der Waals surface area contributed by atoms with Crippen LogP contribution >= 0.6 is 0 Å². The van der Waals surface area contributed by atoms with Gasteiger partial charge in [-0.2, -0.15) is 0 Å². The highest BCUT2D eigenvalue weighted by Crippen LogP contribution is 2.21. The summed E-state index contributed by atoms with van der Waals surface area (Å²) >= 11 is 0. The average molecular weight is 281 g/mol. The Hall–Kier alpha value is -1.42. The molecule has 0 heterocycles. The highest BCUT2D eigenvalue weighted by atomic mass is 19.1. The Balaban J connectivity index is 2.32. The number of rotatable bonds is 7. The number of benzene rings is 1. The molecule has 0 bridgehead atoms.